The van der Waals surface area contributed by atoms with Crippen LogP contribution in [0.25, 0.3) is 0 Å². The van der Waals surface area contributed by atoms with Crippen molar-refractivity contribution >= 4 is 6.09 Å². The molecule has 1 aromatic rings. The normalized spacial score (nSPS) is 19.6. The van der Waals surface area contributed by atoms with Crippen molar-refractivity contribution < 1.29 is 14.6 Å². The van der Waals surface area contributed by atoms with E-state index in [1.165, 1.54) is 0 Å². The van der Waals surface area contributed by atoms with Gasteiger partial charge in [0.2, 0.25) is 0 Å². The van der Waals surface area contributed by atoms with E-state index in [9.17, 15) is 9.90 Å². The molecular weight excluding hydrogens is 244 g/mol. The average molecular weight is 264 g/mol. The van der Waals surface area contributed by atoms with Crippen LogP contribution in [0.1, 0.15) is 37.7 Å². The Hall–Kier alpha value is -1.62. The average Bonchev–Trinajstić information content (AvgIpc) is 2.39. The molecule has 1 amide bonds. The number of amides is 1. The summed E-state index contributed by atoms with van der Waals surface area (Å²) in [4.78, 5) is 15.0. The number of hydrogen-bond donors (Lipinski definition) is 2. The van der Waals surface area contributed by atoms with Gasteiger partial charge in [-0.15, -0.1) is 0 Å². The number of carbonyl (C=O) groups excluding carboxylic acids is 1. The summed E-state index contributed by atoms with van der Waals surface area (Å²) in [5.41, 5.74) is 5.14. The van der Waals surface area contributed by atoms with Gasteiger partial charge in [0.25, 0.3) is 0 Å². The molecule has 19 heavy (non-hydrogen) atoms. The van der Waals surface area contributed by atoms with Gasteiger partial charge in [-0.1, -0.05) is 19.3 Å². The van der Waals surface area contributed by atoms with Crippen molar-refractivity contribution in [1.82, 2.24) is 4.98 Å². The highest BCUT2D eigenvalue weighted by molar-refractivity contribution is 5.65. The Bertz CT molecular complexity index is 416. The standard InChI is InChI=1S/C14H20N2O3/c15-13(17)19-12(10-11-4-8-16-9-5-11)14(18)6-2-1-3-7-14/h4-5,8-9,12,18H,1-3,6-7,10H2,(H2,15,17). The Kier molecular flexibility index (Phi) is 4.37. The summed E-state index contributed by atoms with van der Waals surface area (Å²) in [6.07, 6.45) is 6.71. The molecule has 1 unspecified atom stereocenters. The highest BCUT2D eigenvalue weighted by Crippen LogP contribution is 2.33. The van der Waals surface area contributed by atoms with Crippen LogP contribution in [0.5, 0.6) is 0 Å². The molecule has 1 fully saturated rings. The zero-order valence-electron chi connectivity index (χ0n) is 10.9. The van der Waals surface area contributed by atoms with Gasteiger partial charge in [0.05, 0.1) is 0 Å². The summed E-state index contributed by atoms with van der Waals surface area (Å²) in [6.45, 7) is 0. The SMILES string of the molecule is NC(=O)OC(Cc1ccncc1)C1(O)CCCCC1. The molecule has 0 bridgehead atoms. The van der Waals surface area contributed by atoms with Crippen molar-refractivity contribution in [2.75, 3.05) is 0 Å². The van der Waals surface area contributed by atoms with Gasteiger partial charge in [0.1, 0.15) is 11.7 Å². The lowest BCUT2D eigenvalue weighted by atomic mass is 9.79. The van der Waals surface area contributed by atoms with Gasteiger partial charge >= 0.3 is 6.09 Å². The van der Waals surface area contributed by atoms with E-state index in [0.717, 1.165) is 24.8 Å². The number of nitrogens with zero attached hydrogens (tertiary/aromatic N) is 1. The van der Waals surface area contributed by atoms with Gasteiger partial charge in [-0.3, -0.25) is 4.98 Å². The third-order valence-electron chi connectivity index (χ3n) is 3.75. The number of rotatable bonds is 4. The van der Waals surface area contributed by atoms with Crippen LogP contribution < -0.4 is 5.73 Å². The quantitative estimate of drug-likeness (QED) is 0.868. The first-order valence-corrected chi connectivity index (χ1v) is 6.67. The third kappa shape index (κ3) is 3.67. The Balaban J connectivity index is 2.13. The van der Waals surface area contributed by atoms with Gasteiger partial charge in [-0.05, 0) is 30.5 Å². The Morgan fingerprint density at radius 2 is 2.00 bits per heavy atom. The minimum absolute atomic E-state index is 0.460. The van der Waals surface area contributed by atoms with E-state index >= 15 is 0 Å². The second kappa shape index (κ2) is 6.02. The molecule has 1 aromatic heterocycles. The van der Waals surface area contributed by atoms with E-state index < -0.39 is 17.8 Å². The second-order valence-electron chi connectivity index (χ2n) is 5.15. The lowest BCUT2D eigenvalue weighted by Gasteiger charge is -2.38. The molecule has 3 N–H and O–H groups in total. The summed E-state index contributed by atoms with van der Waals surface area (Å²) in [5, 5.41) is 10.7. The van der Waals surface area contributed by atoms with Gasteiger partial charge < -0.3 is 15.6 Å². The van der Waals surface area contributed by atoms with Crippen LogP contribution in [0, 0.1) is 0 Å². The highest BCUT2D eigenvalue weighted by Gasteiger charge is 2.40. The molecule has 2 rings (SSSR count). The number of carbonyl (C=O) groups is 1. The molecule has 0 spiro atoms. The number of nitrogens with two attached hydrogens (primary N) is 1. The molecule has 0 saturated heterocycles. The van der Waals surface area contributed by atoms with Gasteiger partial charge in [-0.2, -0.15) is 0 Å². The molecule has 1 atom stereocenters. The summed E-state index contributed by atoms with van der Waals surface area (Å²) in [5.74, 6) is 0. The molecule has 5 nitrogen and oxygen atoms in total. The fourth-order valence-corrected chi connectivity index (χ4v) is 2.70. The molecule has 0 aromatic carbocycles. The van der Waals surface area contributed by atoms with E-state index in [1.807, 2.05) is 12.1 Å². The molecule has 1 heterocycles. The molecule has 104 valence electrons. The summed E-state index contributed by atoms with van der Waals surface area (Å²) in [7, 11) is 0. The summed E-state index contributed by atoms with van der Waals surface area (Å²) >= 11 is 0. The van der Waals surface area contributed by atoms with Crippen LogP contribution in [-0.2, 0) is 11.2 Å². The molecule has 1 saturated carbocycles. The highest BCUT2D eigenvalue weighted by atomic mass is 16.6. The van der Waals surface area contributed by atoms with Crippen LogP contribution in [0.2, 0.25) is 0 Å². The van der Waals surface area contributed by atoms with Gasteiger partial charge in [0.15, 0.2) is 0 Å². The van der Waals surface area contributed by atoms with Gasteiger partial charge in [-0.25, -0.2) is 4.79 Å². The van der Waals surface area contributed by atoms with Crippen molar-refractivity contribution in [2.24, 2.45) is 5.73 Å². The van der Waals surface area contributed by atoms with Gasteiger partial charge in [0, 0.05) is 18.8 Å². The Morgan fingerprint density at radius 3 is 2.58 bits per heavy atom. The van der Waals surface area contributed by atoms with Crippen molar-refractivity contribution in [3.63, 3.8) is 0 Å². The molecular formula is C14H20N2O3. The maximum atomic E-state index is 11.1. The Labute approximate surface area is 112 Å². The maximum absolute atomic E-state index is 11.1. The Morgan fingerprint density at radius 1 is 1.37 bits per heavy atom. The zero-order chi connectivity index (χ0) is 13.7. The van der Waals surface area contributed by atoms with Crippen molar-refractivity contribution in [3.8, 4) is 0 Å². The topological polar surface area (TPSA) is 85.4 Å². The first kappa shape index (κ1) is 13.8. The molecule has 1 aliphatic carbocycles. The van der Waals surface area contributed by atoms with Crippen molar-refractivity contribution in [1.29, 1.82) is 0 Å². The number of pyridine rings is 1. The second-order valence-corrected chi connectivity index (χ2v) is 5.15. The number of hydrogen-bond acceptors (Lipinski definition) is 4. The molecule has 1 aliphatic rings. The van der Waals surface area contributed by atoms with E-state index in [4.69, 9.17) is 10.5 Å². The predicted molar refractivity (Wildman–Crippen MR) is 70.4 cm³/mol. The van der Waals surface area contributed by atoms with E-state index in [-0.39, 0.29) is 0 Å². The fraction of sp³-hybridized carbons (Fsp3) is 0.571. The van der Waals surface area contributed by atoms with E-state index in [0.29, 0.717) is 19.3 Å². The van der Waals surface area contributed by atoms with E-state index in [1.54, 1.807) is 12.4 Å². The largest absolute Gasteiger partial charge is 0.443 e. The van der Waals surface area contributed by atoms with Crippen LogP contribution in [-0.4, -0.2) is 27.9 Å². The lowest BCUT2D eigenvalue weighted by Crippen LogP contribution is -2.48. The van der Waals surface area contributed by atoms with Crippen molar-refractivity contribution in [3.05, 3.63) is 30.1 Å². The van der Waals surface area contributed by atoms with Crippen LogP contribution >= 0.6 is 0 Å². The van der Waals surface area contributed by atoms with Crippen LogP contribution in [0.15, 0.2) is 24.5 Å². The third-order valence-corrected chi connectivity index (χ3v) is 3.75. The fourth-order valence-electron chi connectivity index (χ4n) is 2.70. The number of aromatic nitrogens is 1. The zero-order valence-corrected chi connectivity index (χ0v) is 10.9. The van der Waals surface area contributed by atoms with Crippen LogP contribution in [0.3, 0.4) is 0 Å². The summed E-state index contributed by atoms with van der Waals surface area (Å²) < 4.78 is 5.17. The smallest absolute Gasteiger partial charge is 0.404 e. The summed E-state index contributed by atoms with van der Waals surface area (Å²) in [6, 6.07) is 3.70. The first-order chi connectivity index (χ1) is 9.10. The van der Waals surface area contributed by atoms with Crippen LogP contribution in [0.4, 0.5) is 4.79 Å². The predicted octanol–water partition coefficient (Wildman–Crippen LogP) is 1.78. The molecule has 0 aliphatic heterocycles. The maximum Gasteiger partial charge on any atom is 0.404 e. The number of aliphatic hydroxyl groups is 1. The lowest BCUT2D eigenvalue weighted by molar-refractivity contribution is -0.0980. The molecule has 5 heteroatoms. The minimum atomic E-state index is -0.962. The molecule has 0 radical (unpaired) electrons. The van der Waals surface area contributed by atoms with E-state index in [2.05, 4.69) is 4.98 Å². The first-order valence-electron chi connectivity index (χ1n) is 6.67. The van der Waals surface area contributed by atoms with Crippen molar-refractivity contribution in [2.45, 2.75) is 50.2 Å². The minimum Gasteiger partial charge on any atom is -0.443 e. The number of ether oxygens (including phenoxy) is 1. The monoisotopic (exact) mass is 264 g/mol. The number of primary amides is 1.